The third-order valence-corrected chi connectivity index (χ3v) is 6.84. The molecule has 1 fully saturated rings. The zero-order valence-electron chi connectivity index (χ0n) is 15.6. The van der Waals surface area contributed by atoms with Gasteiger partial charge in [0.1, 0.15) is 0 Å². The van der Waals surface area contributed by atoms with Gasteiger partial charge >= 0.3 is 0 Å². The minimum Gasteiger partial charge on any atom is -0.389 e. The predicted octanol–water partition coefficient (Wildman–Crippen LogP) is 3.41. The quantitative estimate of drug-likeness (QED) is 0.805. The summed E-state index contributed by atoms with van der Waals surface area (Å²) in [6, 6.07) is 8.64. The van der Waals surface area contributed by atoms with Crippen LogP contribution in [0.4, 0.5) is 0 Å². The van der Waals surface area contributed by atoms with Crippen LogP contribution in [0.25, 0.3) is 0 Å². The second-order valence-corrected chi connectivity index (χ2v) is 8.74. The van der Waals surface area contributed by atoms with E-state index in [4.69, 9.17) is 4.74 Å². The van der Waals surface area contributed by atoms with Crippen molar-refractivity contribution in [2.24, 2.45) is 17.3 Å². The zero-order valence-corrected chi connectivity index (χ0v) is 15.6. The molecule has 2 bridgehead atoms. The Morgan fingerprint density at radius 2 is 2.08 bits per heavy atom. The second kappa shape index (κ2) is 6.86. The number of benzene rings is 1. The van der Waals surface area contributed by atoms with Crippen molar-refractivity contribution in [3.05, 3.63) is 47.0 Å². The maximum absolute atomic E-state index is 10.4. The highest BCUT2D eigenvalue weighted by Crippen LogP contribution is 2.59. The molecule has 0 spiro atoms. The molecule has 3 atom stereocenters. The van der Waals surface area contributed by atoms with Gasteiger partial charge in [0.05, 0.1) is 19.3 Å². The average molecular weight is 341 g/mol. The molecule has 0 radical (unpaired) electrons. The Labute approximate surface area is 151 Å². The topological polar surface area (TPSA) is 32.7 Å². The van der Waals surface area contributed by atoms with Gasteiger partial charge in [0, 0.05) is 19.6 Å². The van der Waals surface area contributed by atoms with E-state index in [2.05, 4.69) is 49.1 Å². The Morgan fingerprint density at radius 1 is 1.28 bits per heavy atom. The summed E-state index contributed by atoms with van der Waals surface area (Å²) in [5.41, 5.74) is 4.77. The highest BCUT2D eigenvalue weighted by molar-refractivity contribution is 5.29. The first-order chi connectivity index (χ1) is 12.0. The lowest BCUT2D eigenvalue weighted by molar-refractivity contribution is -0.0265. The molecule has 0 saturated heterocycles. The van der Waals surface area contributed by atoms with Crippen molar-refractivity contribution in [2.45, 2.75) is 45.8 Å². The van der Waals surface area contributed by atoms with Crippen LogP contribution < -0.4 is 0 Å². The van der Waals surface area contributed by atoms with E-state index in [9.17, 15) is 5.11 Å². The largest absolute Gasteiger partial charge is 0.389 e. The number of allylic oxidation sites excluding steroid dienone is 1. The number of hydrogen-bond acceptors (Lipinski definition) is 3. The molecular weight excluding hydrogens is 310 g/mol. The third-order valence-electron chi connectivity index (χ3n) is 6.84. The lowest BCUT2D eigenvalue weighted by Crippen LogP contribution is -2.48. The van der Waals surface area contributed by atoms with E-state index in [0.717, 1.165) is 25.4 Å². The predicted molar refractivity (Wildman–Crippen MR) is 100 cm³/mol. The van der Waals surface area contributed by atoms with Crippen LogP contribution in [0, 0.1) is 17.3 Å². The molecule has 3 aliphatic carbocycles. The van der Waals surface area contributed by atoms with Crippen LogP contribution in [0.5, 0.6) is 0 Å². The molecule has 1 saturated carbocycles. The Bertz CT molecular complexity index is 651. The van der Waals surface area contributed by atoms with Crippen LogP contribution in [0.15, 0.2) is 35.9 Å². The second-order valence-electron chi connectivity index (χ2n) is 8.74. The molecule has 136 valence electrons. The summed E-state index contributed by atoms with van der Waals surface area (Å²) < 4.78 is 5.89. The number of hydrogen-bond donors (Lipinski definition) is 1. The SMILES string of the molecule is CC1(C)C2CC=C(COCC(O)CN3CCc4ccccc4C3)C1C2. The molecule has 0 aromatic heterocycles. The fraction of sp³-hybridized carbons (Fsp3) is 0.636. The number of fused-ring (bicyclic) bond motifs is 2. The van der Waals surface area contributed by atoms with E-state index in [1.54, 1.807) is 0 Å². The summed E-state index contributed by atoms with van der Waals surface area (Å²) in [5, 5.41) is 10.4. The number of ether oxygens (including phenoxy) is 1. The molecule has 25 heavy (non-hydrogen) atoms. The van der Waals surface area contributed by atoms with Crippen molar-refractivity contribution in [3.63, 3.8) is 0 Å². The first-order valence-electron chi connectivity index (χ1n) is 9.78. The molecule has 1 aliphatic heterocycles. The van der Waals surface area contributed by atoms with E-state index in [1.807, 2.05) is 0 Å². The van der Waals surface area contributed by atoms with Crippen LogP contribution in [0.1, 0.15) is 37.8 Å². The number of rotatable bonds is 6. The van der Waals surface area contributed by atoms with Crippen molar-refractivity contribution in [1.29, 1.82) is 0 Å². The first kappa shape index (κ1) is 17.3. The van der Waals surface area contributed by atoms with Crippen LogP contribution in [0.2, 0.25) is 0 Å². The van der Waals surface area contributed by atoms with E-state index in [-0.39, 0.29) is 0 Å². The summed E-state index contributed by atoms with van der Waals surface area (Å²) in [5.74, 6) is 1.57. The molecule has 1 aromatic carbocycles. The van der Waals surface area contributed by atoms with Crippen LogP contribution in [-0.2, 0) is 17.7 Å². The molecule has 3 heteroatoms. The molecule has 3 unspecified atom stereocenters. The molecule has 0 amide bonds. The van der Waals surface area contributed by atoms with Crippen LogP contribution in [-0.4, -0.2) is 42.4 Å². The van der Waals surface area contributed by atoms with Crippen LogP contribution >= 0.6 is 0 Å². The van der Waals surface area contributed by atoms with E-state index < -0.39 is 6.10 Å². The summed E-state index contributed by atoms with van der Waals surface area (Å²) in [4.78, 5) is 2.34. The van der Waals surface area contributed by atoms with Crippen molar-refractivity contribution in [3.8, 4) is 0 Å². The highest BCUT2D eigenvalue weighted by atomic mass is 16.5. The smallest absolute Gasteiger partial charge is 0.0900 e. The molecule has 1 N–H and O–H groups in total. The lowest BCUT2D eigenvalue weighted by atomic mass is 9.49. The van der Waals surface area contributed by atoms with Gasteiger partial charge in [0.15, 0.2) is 0 Å². The van der Waals surface area contributed by atoms with Gasteiger partial charge in [-0.2, -0.15) is 0 Å². The third kappa shape index (κ3) is 3.42. The first-order valence-corrected chi connectivity index (χ1v) is 9.78. The Morgan fingerprint density at radius 3 is 2.84 bits per heavy atom. The fourth-order valence-corrected chi connectivity index (χ4v) is 5.01. The van der Waals surface area contributed by atoms with Gasteiger partial charge in [0.25, 0.3) is 0 Å². The van der Waals surface area contributed by atoms with E-state index in [1.165, 1.54) is 29.5 Å². The summed E-state index contributed by atoms with van der Waals surface area (Å²) in [7, 11) is 0. The molecular formula is C22H31NO2. The maximum Gasteiger partial charge on any atom is 0.0900 e. The van der Waals surface area contributed by atoms with Crippen LogP contribution in [0.3, 0.4) is 0 Å². The van der Waals surface area contributed by atoms with Gasteiger partial charge in [-0.25, -0.2) is 0 Å². The van der Waals surface area contributed by atoms with Gasteiger partial charge in [-0.05, 0) is 53.2 Å². The standard InChI is InChI=1S/C22H31NO2/c1-22(2)19-8-7-18(21(22)11-19)14-25-15-20(24)13-23-10-9-16-5-3-4-6-17(16)12-23/h3-7,19-21,24H,8-15H2,1-2H3. The highest BCUT2D eigenvalue weighted by Gasteiger charge is 2.50. The Balaban J connectivity index is 1.21. The van der Waals surface area contributed by atoms with E-state index in [0.29, 0.717) is 31.1 Å². The van der Waals surface area contributed by atoms with Gasteiger partial charge in [-0.1, -0.05) is 44.2 Å². The molecule has 1 aromatic rings. The summed E-state index contributed by atoms with van der Waals surface area (Å²) in [6.45, 7) is 8.58. The zero-order chi connectivity index (χ0) is 17.4. The number of aliphatic hydroxyl groups excluding tert-OH is 1. The summed E-state index contributed by atoms with van der Waals surface area (Å²) in [6.07, 6.45) is 5.60. The van der Waals surface area contributed by atoms with Gasteiger partial charge in [-0.15, -0.1) is 0 Å². The molecule has 5 rings (SSSR count). The lowest BCUT2D eigenvalue weighted by Gasteiger charge is -2.56. The Kier molecular flexibility index (Phi) is 4.74. The number of β-amino-alcohol motifs (C(OH)–C–C–N with tert-alkyl or cyclic N) is 1. The van der Waals surface area contributed by atoms with Crippen molar-refractivity contribution in [1.82, 2.24) is 4.90 Å². The normalized spacial score (nSPS) is 28.7. The van der Waals surface area contributed by atoms with Gasteiger partial charge < -0.3 is 9.84 Å². The molecule has 4 aliphatic rings. The van der Waals surface area contributed by atoms with Gasteiger partial charge in [0.2, 0.25) is 0 Å². The average Bonchev–Trinajstić information content (AvgIpc) is 2.61. The van der Waals surface area contributed by atoms with E-state index >= 15 is 0 Å². The molecule has 3 nitrogen and oxygen atoms in total. The number of aliphatic hydroxyl groups is 1. The van der Waals surface area contributed by atoms with Gasteiger partial charge in [-0.3, -0.25) is 4.90 Å². The monoisotopic (exact) mass is 341 g/mol. The maximum atomic E-state index is 10.4. The van der Waals surface area contributed by atoms with Crippen molar-refractivity contribution < 1.29 is 9.84 Å². The number of nitrogens with zero attached hydrogens (tertiary/aromatic N) is 1. The fourth-order valence-electron chi connectivity index (χ4n) is 5.01. The van der Waals surface area contributed by atoms with Crippen molar-refractivity contribution in [2.75, 3.05) is 26.3 Å². The summed E-state index contributed by atoms with van der Waals surface area (Å²) >= 11 is 0. The minimum atomic E-state index is -0.406. The molecule has 1 heterocycles. The minimum absolute atomic E-state index is 0.406. The Hall–Kier alpha value is -1.16. The van der Waals surface area contributed by atoms with Crippen molar-refractivity contribution >= 4 is 0 Å².